The highest BCUT2D eigenvalue weighted by molar-refractivity contribution is 5.83. The van der Waals surface area contributed by atoms with Crippen LogP contribution in [0.5, 0.6) is 0 Å². The van der Waals surface area contributed by atoms with Crippen molar-refractivity contribution in [2.24, 2.45) is 11.8 Å². The quantitative estimate of drug-likeness (QED) is 0.521. The van der Waals surface area contributed by atoms with Crippen LogP contribution >= 0.6 is 0 Å². The van der Waals surface area contributed by atoms with Crippen molar-refractivity contribution in [3.05, 3.63) is 94.4 Å². The Hall–Kier alpha value is -3.22. The number of aliphatic hydroxyl groups excluding tert-OH is 1. The van der Waals surface area contributed by atoms with E-state index in [1.807, 2.05) is 59.2 Å². The topological polar surface area (TPSA) is 74.6 Å². The van der Waals surface area contributed by atoms with Crippen LogP contribution in [0.15, 0.2) is 77.6 Å². The molecule has 0 unspecified atom stereocenters. The molecule has 37 heavy (non-hydrogen) atoms. The standard InChI is InChI=1S/C31H35N3O3/c35-20-26-25-19-34-27(16-15-24(31(34)37)22-11-5-2-6-12-22)28(25)33(18-17-21-9-3-1-4-10-21)29(26)30(36)32-23-13-7-8-14-23/h1-6,9-12,15-16,23,25-26,28-29,35H,7-8,13-14,17-20H2,(H,32,36)/t25-,26-,28+,29-/m1/s1. The summed E-state index contributed by atoms with van der Waals surface area (Å²) in [6.45, 7) is 1.15. The van der Waals surface area contributed by atoms with E-state index in [0.717, 1.165) is 43.4 Å². The van der Waals surface area contributed by atoms with Crippen LogP contribution in [0.2, 0.25) is 0 Å². The highest BCUT2D eigenvalue weighted by Gasteiger charge is 2.55. The third kappa shape index (κ3) is 4.42. The second-order valence-electron chi connectivity index (χ2n) is 10.8. The van der Waals surface area contributed by atoms with Gasteiger partial charge in [-0.05, 0) is 42.5 Å². The van der Waals surface area contributed by atoms with Crippen molar-refractivity contribution in [1.82, 2.24) is 14.8 Å². The summed E-state index contributed by atoms with van der Waals surface area (Å²) in [7, 11) is 0. The average Bonchev–Trinajstić information content (AvgIpc) is 3.64. The Morgan fingerprint density at radius 3 is 2.35 bits per heavy atom. The molecule has 3 aliphatic rings. The van der Waals surface area contributed by atoms with Crippen molar-refractivity contribution < 1.29 is 9.90 Å². The number of nitrogens with one attached hydrogen (secondary N) is 1. The van der Waals surface area contributed by atoms with Crippen LogP contribution < -0.4 is 10.9 Å². The lowest BCUT2D eigenvalue weighted by molar-refractivity contribution is -0.128. The summed E-state index contributed by atoms with van der Waals surface area (Å²) in [5.74, 6) is -0.177. The van der Waals surface area contributed by atoms with E-state index in [1.54, 1.807) is 0 Å². The first-order valence-corrected chi connectivity index (χ1v) is 13.7. The van der Waals surface area contributed by atoms with E-state index in [2.05, 4.69) is 28.4 Å². The van der Waals surface area contributed by atoms with E-state index in [1.165, 1.54) is 5.56 Å². The number of fused-ring (bicyclic) bond motifs is 3. The molecule has 192 valence electrons. The van der Waals surface area contributed by atoms with Gasteiger partial charge in [0.15, 0.2) is 0 Å². The third-order valence-electron chi connectivity index (χ3n) is 8.75. The van der Waals surface area contributed by atoms with Crippen LogP contribution in [-0.2, 0) is 17.8 Å². The number of carbonyl (C=O) groups is 1. The Morgan fingerprint density at radius 1 is 0.946 bits per heavy atom. The molecule has 1 aliphatic carbocycles. The number of nitrogens with zero attached hydrogens (tertiary/aromatic N) is 2. The molecule has 6 heteroatoms. The fourth-order valence-electron chi connectivity index (χ4n) is 6.96. The minimum Gasteiger partial charge on any atom is -0.396 e. The predicted molar refractivity (Wildman–Crippen MR) is 144 cm³/mol. The van der Waals surface area contributed by atoms with Gasteiger partial charge < -0.3 is 15.0 Å². The SMILES string of the molecule is O=C(NC1CCCC1)[C@H]1[C@H](CO)[C@H]2Cn3c(ccc(-c4ccccc4)c3=O)[C@H]2N1CCc1ccccc1. The van der Waals surface area contributed by atoms with E-state index in [0.29, 0.717) is 18.7 Å². The highest BCUT2D eigenvalue weighted by atomic mass is 16.3. The molecule has 6 nitrogen and oxygen atoms in total. The number of pyridine rings is 1. The van der Waals surface area contributed by atoms with Gasteiger partial charge in [0.1, 0.15) is 0 Å². The lowest BCUT2D eigenvalue weighted by atomic mass is 9.88. The van der Waals surface area contributed by atoms with Gasteiger partial charge in [-0.1, -0.05) is 73.5 Å². The number of amides is 1. The molecule has 1 amide bonds. The van der Waals surface area contributed by atoms with Gasteiger partial charge in [-0.15, -0.1) is 0 Å². The monoisotopic (exact) mass is 497 g/mol. The smallest absolute Gasteiger partial charge is 0.258 e. The molecule has 2 aliphatic heterocycles. The van der Waals surface area contributed by atoms with Gasteiger partial charge in [0.2, 0.25) is 5.91 Å². The van der Waals surface area contributed by atoms with Crippen molar-refractivity contribution in [1.29, 1.82) is 0 Å². The number of hydrogen-bond donors (Lipinski definition) is 2. The number of aliphatic hydroxyl groups is 1. The second kappa shape index (κ2) is 10.3. The number of rotatable bonds is 7. The molecule has 6 rings (SSSR count). The zero-order chi connectivity index (χ0) is 25.4. The summed E-state index contributed by atoms with van der Waals surface area (Å²) >= 11 is 0. The lowest BCUT2D eigenvalue weighted by Gasteiger charge is -2.31. The summed E-state index contributed by atoms with van der Waals surface area (Å²) in [5, 5.41) is 13.9. The number of aromatic nitrogens is 1. The number of carbonyl (C=O) groups excluding carboxylic acids is 1. The van der Waals surface area contributed by atoms with Gasteiger partial charge in [-0.3, -0.25) is 14.5 Å². The number of likely N-dealkylation sites (tertiary alicyclic amines) is 1. The van der Waals surface area contributed by atoms with Gasteiger partial charge in [0.25, 0.3) is 5.56 Å². The Kier molecular flexibility index (Phi) is 6.70. The van der Waals surface area contributed by atoms with Crippen LogP contribution in [0.4, 0.5) is 0 Å². The van der Waals surface area contributed by atoms with Gasteiger partial charge in [0, 0.05) is 48.8 Å². The molecule has 2 fully saturated rings. The van der Waals surface area contributed by atoms with E-state index < -0.39 is 6.04 Å². The summed E-state index contributed by atoms with van der Waals surface area (Å²) in [5.41, 5.74) is 3.78. The molecule has 3 aromatic rings. The van der Waals surface area contributed by atoms with Crippen molar-refractivity contribution in [3.63, 3.8) is 0 Å². The highest BCUT2D eigenvalue weighted by Crippen LogP contribution is 2.49. The van der Waals surface area contributed by atoms with E-state index >= 15 is 0 Å². The first kappa shape index (κ1) is 24.1. The van der Waals surface area contributed by atoms with Crippen LogP contribution in [0.25, 0.3) is 11.1 Å². The zero-order valence-electron chi connectivity index (χ0n) is 21.1. The van der Waals surface area contributed by atoms with Gasteiger partial charge >= 0.3 is 0 Å². The Labute approximate surface area is 217 Å². The molecule has 0 spiro atoms. The van der Waals surface area contributed by atoms with Gasteiger partial charge in [-0.2, -0.15) is 0 Å². The third-order valence-corrected chi connectivity index (χ3v) is 8.75. The molecule has 2 aromatic carbocycles. The lowest BCUT2D eigenvalue weighted by Crippen LogP contribution is -2.51. The summed E-state index contributed by atoms with van der Waals surface area (Å²) in [6, 6.07) is 23.8. The molecule has 1 aromatic heterocycles. The van der Waals surface area contributed by atoms with E-state index in [4.69, 9.17) is 0 Å². The first-order chi connectivity index (χ1) is 18.2. The molecule has 3 heterocycles. The van der Waals surface area contributed by atoms with Crippen LogP contribution in [0, 0.1) is 11.8 Å². The largest absolute Gasteiger partial charge is 0.396 e. The maximum Gasteiger partial charge on any atom is 0.258 e. The predicted octanol–water partition coefficient (Wildman–Crippen LogP) is 3.78. The van der Waals surface area contributed by atoms with Gasteiger partial charge in [0.05, 0.1) is 12.1 Å². The zero-order valence-corrected chi connectivity index (χ0v) is 21.1. The van der Waals surface area contributed by atoms with Crippen molar-refractivity contribution in [2.75, 3.05) is 13.2 Å². The molecule has 1 saturated heterocycles. The summed E-state index contributed by atoms with van der Waals surface area (Å²) in [4.78, 5) is 29.6. The number of hydrogen-bond acceptors (Lipinski definition) is 4. The molecule has 0 bridgehead atoms. The van der Waals surface area contributed by atoms with Crippen LogP contribution in [0.1, 0.15) is 43.0 Å². The first-order valence-electron chi connectivity index (χ1n) is 13.7. The summed E-state index contributed by atoms with van der Waals surface area (Å²) < 4.78 is 1.89. The van der Waals surface area contributed by atoms with Crippen molar-refractivity contribution in [2.45, 2.75) is 56.8 Å². The minimum atomic E-state index is -0.401. The van der Waals surface area contributed by atoms with E-state index in [9.17, 15) is 14.7 Å². The molecule has 2 N–H and O–H groups in total. The molecular formula is C31H35N3O3. The Morgan fingerprint density at radius 2 is 1.65 bits per heavy atom. The average molecular weight is 498 g/mol. The Balaban J connectivity index is 1.36. The maximum atomic E-state index is 13.7. The molecular weight excluding hydrogens is 462 g/mol. The minimum absolute atomic E-state index is 0.00440. The van der Waals surface area contributed by atoms with Crippen molar-refractivity contribution in [3.8, 4) is 11.1 Å². The summed E-state index contributed by atoms with van der Waals surface area (Å²) in [6.07, 6.45) is 5.17. The second-order valence-corrected chi connectivity index (χ2v) is 10.8. The normalized spacial score (nSPS) is 25.2. The van der Waals surface area contributed by atoms with E-state index in [-0.39, 0.29) is 42.0 Å². The fourth-order valence-corrected chi connectivity index (χ4v) is 6.96. The number of benzene rings is 2. The maximum absolute atomic E-state index is 13.7. The fraction of sp³-hybridized carbons (Fsp3) is 0.419. The molecule has 0 radical (unpaired) electrons. The molecule has 1 saturated carbocycles. The Bertz CT molecular complexity index is 1300. The van der Waals surface area contributed by atoms with Gasteiger partial charge in [-0.25, -0.2) is 0 Å². The van der Waals surface area contributed by atoms with Crippen molar-refractivity contribution >= 4 is 5.91 Å². The van der Waals surface area contributed by atoms with Crippen LogP contribution in [-0.4, -0.2) is 45.7 Å². The molecule has 4 atom stereocenters. The van der Waals surface area contributed by atoms with Crippen LogP contribution in [0.3, 0.4) is 0 Å².